The van der Waals surface area contributed by atoms with Crippen molar-refractivity contribution in [3.05, 3.63) is 0 Å². The van der Waals surface area contributed by atoms with Crippen molar-refractivity contribution in [3.8, 4) is 0 Å². The van der Waals surface area contributed by atoms with E-state index in [0.717, 1.165) is 37.0 Å². The van der Waals surface area contributed by atoms with E-state index in [1.165, 1.54) is 32.1 Å². The van der Waals surface area contributed by atoms with Crippen LogP contribution in [0.4, 0.5) is 0 Å². The Kier molecular flexibility index (Phi) is 3.40. The largest absolute Gasteiger partial charge is 0.313 e. The van der Waals surface area contributed by atoms with Crippen LogP contribution in [-0.4, -0.2) is 31.8 Å². The first-order valence-electron chi connectivity index (χ1n) is 8.70. The molecule has 5 rings (SSSR count). The van der Waals surface area contributed by atoms with Gasteiger partial charge in [0.15, 0.2) is 0 Å². The molecule has 5 fully saturated rings. The number of hydrogen-bond donors (Lipinski definition) is 2. The molecule has 0 saturated heterocycles. The summed E-state index contributed by atoms with van der Waals surface area (Å²) in [5.74, 6) is 2.33. The molecule has 5 heteroatoms. The average molecular weight is 312 g/mol. The van der Waals surface area contributed by atoms with Gasteiger partial charge in [-0.1, -0.05) is 0 Å². The summed E-state index contributed by atoms with van der Waals surface area (Å²) < 4.78 is 28.6. The van der Waals surface area contributed by atoms with Gasteiger partial charge < -0.3 is 5.32 Å². The summed E-state index contributed by atoms with van der Waals surface area (Å²) in [6.45, 7) is 2.44. The van der Waals surface area contributed by atoms with Crippen molar-refractivity contribution in [2.45, 2.75) is 75.1 Å². The third-order valence-corrected chi connectivity index (χ3v) is 8.14. The molecular weight excluding hydrogens is 284 g/mol. The number of hydrogen-bond acceptors (Lipinski definition) is 3. The molecule has 2 N–H and O–H groups in total. The molecule has 4 nitrogen and oxygen atoms in total. The minimum atomic E-state index is -3.20. The van der Waals surface area contributed by atoms with Gasteiger partial charge in [0, 0.05) is 18.1 Å². The van der Waals surface area contributed by atoms with E-state index in [2.05, 4.69) is 10.0 Å². The van der Waals surface area contributed by atoms with E-state index in [1.54, 1.807) is 0 Å². The van der Waals surface area contributed by atoms with Crippen LogP contribution in [0.1, 0.15) is 58.3 Å². The normalized spacial score (nSPS) is 43.2. The molecule has 0 aromatic carbocycles. The van der Waals surface area contributed by atoms with Crippen molar-refractivity contribution >= 4 is 10.0 Å². The van der Waals surface area contributed by atoms with Crippen molar-refractivity contribution in [1.82, 2.24) is 10.0 Å². The summed E-state index contributed by atoms with van der Waals surface area (Å²) >= 11 is 0. The number of rotatable bonds is 6. The highest BCUT2D eigenvalue weighted by molar-refractivity contribution is 7.90. The van der Waals surface area contributed by atoms with E-state index in [-0.39, 0.29) is 10.8 Å². The van der Waals surface area contributed by atoms with Gasteiger partial charge in [0.1, 0.15) is 0 Å². The van der Waals surface area contributed by atoms with Crippen LogP contribution in [0.2, 0.25) is 0 Å². The summed E-state index contributed by atoms with van der Waals surface area (Å²) in [5, 5.41) is 3.02. The number of sulfonamides is 1. The molecule has 5 aliphatic carbocycles. The lowest BCUT2D eigenvalue weighted by Crippen LogP contribution is -2.61. The molecule has 0 aromatic rings. The van der Waals surface area contributed by atoms with Crippen LogP contribution >= 0.6 is 0 Å². The predicted octanol–water partition coefficient (Wildman–Crippen LogP) is 2.02. The molecule has 0 spiro atoms. The molecular formula is C16H28N2O2S. The Morgan fingerprint density at radius 2 is 1.57 bits per heavy atom. The van der Waals surface area contributed by atoms with Crippen LogP contribution in [0.5, 0.6) is 0 Å². The molecule has 0 aliphatic heterocycles. The van der Waals surface area contributed by atoms with E-state index in [1.807, 2.05) is 6.92 Å². The monoisotopic (exact) mass is 312 g/mol. The van der Waals surface area contributed by atoms with E-state index < -0.39 is 10.0 Å². The quantitative estimate of drug-likeness (QED) is 0.789. The molecule has 1 atom stereocenters. The van der Waals surface area contributed by atoms with Gasteiger partial charge in [0.05, 0.1) is 5.25 Å². The van der Waals surface area contributed by atoms with Gasteiger partial charge in [-0.3, -0.25) is 0 Å². The second-order valence-corrected chi connectivity index (χ2v) is 10.4. The Labute approximate surface area is 128 Å². The van der Waals surface area contributed by atoms with Crippen molar-refractivity contribution in [2.24, 2.45) is 17.8 Å². The van der Waals surface area contributed by atoms with Gasteiger partial charge in [-0.25, -0.2) is 13.1 Å². The van der Waals surface area contributed by atoms with Gasteiger partial charge in [0.2, 0.25) is 10.0 Å². The Morgan fingerprint density at radius 1 is 1.05 bits per heavy atom. The Hall–Kier alpha value is -0.130. The zero-order valence-corrected chi connectivity index (χ0v) is 13.8. The topological polar surface area (TPSA) is 58.2 Å². The van der Waals surface area contributed by atoms with Crippen molar-refractivity contribution < 1.29 is 8.42 Å². The first kappa shape index (κ1) is 14.5. The third-order valence-electron chi connectivity index (χ3n) is 6.20. The van der Waals surface area contributed by atoms with Crippen molar-refractivity contribution in [3.63, 3.8) is 0 Å². The Balaban J connectivity index is 1.44. The first-order valence-corrected chi connectivity index (χ1v) is 10.2. The summed E-state index contributed by atoms with van der Waals surface area (Å²) in [7, 11) is -3.20. The first-order chi connectivity index (χ1) is 9.94. The maximum absolute atomic E-state index is 12.7. The minimum absolute atomic E-state index is 0.0958. The summed E-state index contributed by atoms with van der Waals surface area (Å²) in [6, 6.07) is 0.571. The zero-order valence-electron chi connectivity index (χ0n) is 13.0. The highest BCUT2D eigenvalue weighted by atomic mass is 32.2. The maximum atomic E-state index is 12.7. The second kappa shape index (κ2) is 4.93. The standard InChI is InChI=1S/C16H28N2O2S/c1-11(10-17-15-2-3-15)21(19,20)18-16-7-12-4-13(8-16)6-14(5-12)9-16/h11-15,17-18H,2-10H2,1H3. The lowest BCUT2D eigenvalue weighted by molar-refractivity contribution is -0.00820. The lowest BCUT2D eigenvalue weighted by Gasteiger charge is -2.56. The third kappa shape index (κ3) is 2.89. The van der Waals surface area contributed by atoms with Crippen molar-refractivity contribution in [1.29, 1.82) is 0 Å². The molecule has 0 amide bonds. The van der Waals surface area contributed by atoms with Gasteiger partial charge in [0.25, 0.3) is 0 Å². The fourth-order valence-corrected chi connectivity index (χ4v) is 6.74. The smallest absolute Gasteiger partial charge is 0.215 e. The zero-order chi connectivity index (χ0) is 14.7. The molecule has 5 saturated carbocycles. The van der Waals surface area contributed by atoms with Crippen LogP contribution < -0.4 is 10.0 Å². The van der Waals surface area contributed by atoms with Crippen LogP contribution in [0, 0.1) is 17.8 Å². The van der Waals surface area contributed by atoms with Crippen LogP contribution in [0.3, 0.4) is 0 Å². The van der Waals surface area contributed by atoms with E-state index in [4.69, 9.17) is 0 Å². The fourth-order valence-electron chi connectivity index (χ4n) is 5.37. The van der Waals surface area contributed by atoms with Crippen molar-refractivity contribution in [2.75, 3.05) is 6.54 Å². The molecule has 21 heavy (non-hydrogen) atoms. The highest BCUT2D eigenvalue weighted by Crippen LogP contribution is 2.55. The van der Waals surface area contributed by atoms with Gasteiger partial charge in [-0.2, -0.15) is 0 Å². The van der Waals surface area contributed by atoms with Crippen LogP contribution in [-0.2, 0) is 10.0 Å². The molecule has 0 radical (unpaired) electrons. The SMILES string of the molecule is CC(CNC1CC1)S(=O)(=O)NC12CC3CC(CC(C3)C1)C2. The Morgan fingerprint density at radius 3 is 2.05 bits per heavy atom. The van der Waals surface area contributed by atoms with Gasteiger partial charge in [-0.05, 0) is 76.0 Å². The van der Waals surface area contributed by atoms with E-state index in [0.29, 0.717) is 12.6 Å². The molecule has 0 heterocycles. The van der Waals surface area contributed by atoms with E-state index >= 15 is 0 Å². The number of nitrogens with one attached hydrogen (secondary N) is 2. The van der Waals surface area contributed by atoms with Crippen LogP contribution in [0.15, 0.2) is 0 Å². The minimum Gasteiger partial charge on any atom is -0.313 e. The van der Waals surface area contributed by atoms with Gasteiger partial charge >= 0.3 is 0 Å². The lowest BCUT2D eigenvalue weighted by atomic mass is 9.53. The highest BCUT2D eigenvalue weighted by Gasteiger charge is 2.52. The summed E-state index contributed by atoms with van der Waals surface area (Å²) in [4.78, 5) is 0. The molecule has 5 aliphatic rings. The predicted molar refractivity (Wildman–Crippen MR) is 83.4 cm³/mol. The molecule has 0 aromatic heterocycles. The molecule has 4 bridgehead atoms. The average Bonchev–Trinajstić information content (AvgIpc) is 3.16. The second-order valence-electron chi connectivity index (χ2n) is 8.34. The molecule has 120 valence electrons. The molecule has 1 unspecified atom stereocenters. The summed E-state index contributed by atoms with van der Waals surface area (Å²) in [6.07, 6.45) is 9.70. The van der Waals surface area contributed by atoms with Gasteiger partial charge in [-0.15, -0.1) is 0 Å². The summed E-state index contributed by atoms with van der Waals surface area (Å²) in [5.41, 5.74) is -0.0958. The van der Waals surface area contributed by atoms with Crippen LogP contribution in [0.25, 0.3) is 0 Å². The van der Waals surface area contributed by atoms with E-state index in [9.17, 15) is 8.42 Å². The maximum Gasteiger partial charge on any atom is 0.215 e. The fraction of sp³-hybridized carbons (Fsp3) is 1.00. The Bertz CT molecular complexity index is 477.